The van der Waals surface area contributed by atoms with Crippen molar-refractivity contribution in [2.75, 3.05) is 13.2 Å². The lowest BCUT2D eigenvalue weighted by Crippen LogP contribution is -2.56. The van der Waals surface area contributed by atoms with E-state index in [4.69, 9.17) is 9.47 Å². The molecule has 0 aromatic carbocycles. The summed E-state index contributed by atoms with van der Waals surface area (Å²) in [7, 11) is 0. The Kier molecular flexibility index (Phi) is 3.05. The summed E-state index contributed by atoms with van der Waals surface area (Å²) in [5, 5.41) is 39.6. The molecule has 17 heavy (non-hydrogen) atoms. The molecule has 6 nitrogen and oxygen atoms in total. The molecule has 1 aliphatic carbocycles. The van der Waals surface area contributed by atoms with Gasteiger partial charge in [0, 0.05) is 0 Å². The highest BCUT2D eigenvalue weighted by Gasteiger charge is 2.84. The summed E-state index contributed by atoms with van der Waals surface area (Å²) in [6.07, 6.45) is -1.90. The van der Waals surface area contributed by atoms with Crippen molar-refractivity contribution < 1.29 is 29.9 Å². The summed E-state index contributed by atoms with van der Waals surface area (Å²) >= 11 is 0. The topological polar surface area (TPSA) is 99.4 Å². The molecule has 4 N–H and O–H groups in total. The van der Waals surface area contributed by atoms with E-state index >= 15 is 0 Å². The molecular weight excluding hydrogens is 228 g/mol. The summed E-state index contributed by atoms with van der Waals surface area (Å²) in [5.74, 6) is -2.61. The van der Waals surface area contributed by atoms with Crippen molar-refractivity contribution in [3.05, 3.63) is 12.7 Å². The highest BCUT2D eigenvalue weighted by molar-refractivity contribution is 5.27. The first-order valence-corrected chi connectivity index (χ1v) is 5.57. The van der Waals surface area contributed by atoms with Gasteiger partial charge in [-0.15, -0.1) is 6.58 Å². The minimum absolute atomic E-state index is 0.0233. The lowest BCUT2D eigenvalue weighted by atomic mass is 9.98. The first-order valence-electron chi connectivity index (χ1n) is 5.57. The van der Waals surface area contributed by atoms with Crippen molar-refractivity contribution in [2.45, 2.75) is 36.6 Å². The quantitative estimate of drug-likeness (QED) is 0.351. The molecule has 2 fully saturated rings. The zero-order valence-electron chi connectivity index (χ0n) is 9.61. The average Bonchev–Trinajstić information content (AvgIpc) is 2.75. The summed E-state index contributed by atoms with van der Waals surface area (Å²) in [6.45, 7) is 5.29. The fourth-order valence-corrected chi connectivity index (χ4v) is 2.49. The second-order valence-corrected chi connectivity index (χ2v) is 4.66. The summed E-state index contributed by atoms with van der Waals surface area (Å²) < 4.78 is 10.3. The molecule has 1 aliphatic heterocycles. The highest BCUT2D eigenvalue weighted by Crippen LogP contribution is 2.61. The van der Waals surface area contributed by atoms with Crippen molar-refractivity contribution in [1.29, 1.82) is 0 Å². The van der Waals surface area contributed by atoms with Crippen LogP contribution in [-0.2, 0) is 9.47 Å². The molecular formula is C11H18O6. The van der Waals surface area contributed by atoms with E-state index in [1.54, 1.807) is 0 Å². The van der Waals surface area contributed by atoms with Crippen molar-refractivity contribution in [2.24, 2.45) is 5.92 Å². The molecule has 0 spiro atoms. The smallest absolute Gasteiger partial charge is 0.206 e. The molecule has 6 heteroatoms. The second-order valence-electron chi connectivity index (χ2n) is 4.66. The van der Waals surface area contributed by atoms with E-state index in [2.05, 4.69) is 6.58 Å². The van der Waals surface area contributed by atoms with E-state index < -0.39 is 35.6 Å². The SMILES string of the molecule is C=CCOCC1[C@]2(O)O[C@@H](C)[C@H](O)[C@@H](O)[C@]12O. The summed E-state index contributed by atoms with van der Waals surface area (Å²) in [4.78, 5) is 0. The van der Waals surface area contributed by atoms with Gasteiger partial charge in [-0.3, -0.25) is 0 Å². The van der Waals surface area contributed by atoms with Gasteiger partial charge in [0.15, 0.2) is 5.60 Å². The van der Waals surface area contributed by atoms with Crippen LogP contribution < -0.4 is 0 Å². The molecule has 0 bridgehead atoms. The maximum atomic E-state index is 10.1. The van der Waals surface area contributed by atoms with Gasteiger partial charge in [0.2, 0.25) is 5.79 Å². The molecule has 1 heterocycles. The number of aliphatic hydroxyl groups excluding tert-OH is 2. The van der Waals surface area contributed by atoms with Crippen LogP contribution in [0.5, 0.6) is 0 Å². The molecule has 1 saturated heterocycles. The van der Waals surface area contributed by atoms with Crippen molar-refractivity contribution in [3.8, 4) is 0 Å². The van der Waals surface area contributed by atoms with E-state index in [1.807, 2.05) is 0 Å². The Balaban J connectivity index is 2.09. The Bertz CT molecular complexity index is 321. The lowest BCUT2D eigenvalue weighted by Gasteiger charge is -2.35. The van der Waals surface area contributed by atoms with Crippen LogP contribution in [0.3, 0.4) is 0 Å². The van der Waals surface area contributed by atoms with Gasteiger partial charge < -0.3 is 29.9 Å². The van der Waals surface area contributed by atoms with Crippen LogP contribution >= 0.6 is 0 Å². The van der Waals surface area contributed by atoms with Gasteiger partial charge >= 0.3 is 0 Å². The van der Waals surface area contributed by atoms with Gasteiger partial charge in [-0.05, 0) is 6.92 Å². The van der Waals surface area contributed by atoms with Crippen LogP contribution in [-0.4, -0.2) is 63.3 Å². The Morgan fingerprint density at radius 1 is 1.41 bits per heavy atom. The Morgan fingerprint density at radius 2 is 2.06 bits per heavy atom. The average molecular weight is 246 g/mol. The first kappa shape index (κ1) is 12.9. The van der Waals surface area contributed by atoms with E-state index in [-0.39, 0.29) is 13.2 Å². The fraction of sp³-hybridized carbons (Fsp3) is 0.818. The van der Waals surface area contributed by atoms with Crippen molar-refractivity contribution in [1.82, 2.24) is 0 Å². The second kappa shape index (κ2) is 4.01. The van der Waals surface area contributed by atoms with Crippen LogP contribution in [0.2, 0.25) is 0 Å². The van der Waals surface area contributed by atoms with Crippen molar-refractivity contribution in [3.63, 3.8) is 0 Å². The number of fused-ring (bicyclic) bond motifs is 1. The van der Waals surface area contributed by atoms with Gasteiger partial charge in [-0.1, -0.05) is 6.08 Å². The summed E-state index contributed by atoms with van der Waals surface area (Å²) in [5.41, 5.74) is -1.86. The third-order valence-electron chi connectivity index (χ3n) is 3.64. The highest BCUT2D eigenvalue weighted by atomic mass is 16.7. The molecule has 0 radical (unpaired) electrons. The minimum atomic E-state index is -1.86. The molecule has 2 aliphatic rings. The zero-order valence-corrected chi connectivity index (χ0v) is 9.61. The Labute approximate surface area is 99.1 Å². The molecule has 1 saturated carbocycles. The predicted molar refractivity (Wildman–Crippen MR) is 57.0 cm³/mol. The van der Waals surface area contributed by atoms with Crippen LogP contribution in [0.25, 0.3) is 0 Å². The van der Waals surface area contributed by atoms with Crippen molar-refractivity contribution >= 4 is 0 Å². The molecule has 2 rings (SSSR count). The maximum Gasteiger partial charge on any atom is 0.206 e. The normalized spacial score (nSPS) is 53.0. The first-order chi connectivity index (χ1) is 7.89. The third kappa shape index (κ3) is 1.56. The van der Waals surface area contributed by atoms with E-state index in [0.717, 1.165) is 0 Å². The van der Waals surface area contributed by atoms with Gasteiger partial charge in [0.1, 0.15) is 12.2 Å². The molecule has 6 atom stereocenters. The fourth-order valence-electron chi connectivity index (χ4n) is 2.49. The standard InChI is InChI=1S/C11H18O6/c1-3-4-16-5-7-10(14)9(13)8(12)6(2)17-11(7,10)15/h3,6-9,12-15H,1,4-5H2,2H3/t6-,7?,8-,9+,10+,11-/m0/s1. The molecule has 1 unspecified atom stereocenters. The third-order valence-corrected chi connectivity index (χ3v) is 3.64. The predicted octanol–water partition coefficient (Wildman–Crippen LogP) is -1.62. The van der Waals surface area contributed by atoms with Gasteiger partial charge in [-0.25, -0.2) is 0 Å². The molecule has 0 aromatic heterocycles. The Hall–Kier alpha value is -0.500. The molecule has 0 amide bonds. The monoisotopic (exact) mass is 246 g/mol. The number of ether oxygens (including phenoxy) is 2. The molecule has 0 aromatic rings. The number of hydrogen-bond acceptors (Lipinski definition) is 6. The lowest BCUT2D eigenvalue weighted by molar-refractivity contribution is -0.280. The van der Waals surface area contributed by atoms with E-state index in [9.17, 15) is 20.4 Å². The Morgan fingerprint density at radius 3 is 2.65 bits per heavy atom. The number of aliphatic hydroxyl groups is 4. The minimum Gasteiger partial charge on any atom is -0.388 e. The maximum absolute atomic E-state index is 10.1. The van der Waals surface area contributed by atoms with Crippen LogP contribution in [0.15, 0.2) is 12.7 Å². The number of hydrogen-bond donors (Lipinski definition) is 4. The van der Waals surface area contributed by atoms with Gasteiger partial charge in [0.25, 0.3) is 0 Å². The largest absolute Gasteiger partial charge is 0.388 e. The van der Waals surface area contributed by atoms with Gasteiger partial charge in [-0.2, -0.15) is 0 Å². The van der Waals surface area contributed by atoms with Crippen LogP contribution in [0, 0.1) is 5.92 Å². The van der Waals surface area contributed by atoms with Crippen LogP contribution in [0.4, 0.5) is 0 Å². The summed E-state index contributed by atoms with van der Waals surface area (Å²) in [6, 6.07) is 0. The zero-order chi connectivity index (χ0) is 12.8. The van der Waals surface area contributed by atoms with Crippen LogP contribution in [0.1, 0.15) is 6.92 Å². The molecule has 98 valence electrons. The number of rotatable bonds is 4. The van der Waals surface area contributed by atoms with Gasteiger partial charge in [0.05, 0.1) is 25.2 Å². The van der Waals surface area contributed by atoms with E-state index in [1.165, 1.54) is 13.0 Å². The van der Waals surface area contributed by atoms with E-state index in [0.29, 0.717) is 0 Å².